The van der Waals surface area contributed by atoms with Gasteiger partial charge in [-0.1, -0.05) is 12.1 Å². The highest BCUT2D eigenvalue weighted by atomic mass is 16.3. The normalized spacial score (nSPS) is 12.7. The Bertz CT molecular complexity index is 661. The van der Waals surface area contributed by atoms with E-state index >= 15 is 0 Å². The minimum Gasteiger partial charge on any atom is -0.469 e. The van der Waals surface area contributed by atoms with Gasteiger partial charge in [-0.05, 0) is 42.3 Å². The summed E-state index contributed by atoms with van der Waals surface area (Å²) in [6, 6.07) is 14.1. The van der Waals surface area contributed by atoms with Gasteiger partial charge in [-0.15, -0.1) is 0 Å². The van der Waals surface area contributed by atoms with Crippen LogP contribution in [-0.4, -0.2) is 4.98 Å². The van der Waals surface area contributed by atoms with Crippen LogP contribution in [-0.2, 0) is 6.42 Å². The molecule has 0 saturated carbocycles. The predicted molar refractivity (Wildman–Crippen MR) is 75.7 cm³/mol. The molecule has 2 heterocycles. The minimum absolute atomic E-state index is 0.0229. The van der Waals surface area contributed by atoms with Gasteiger partial charge in [0.05, 0.1) is 11.8 Å². The zero-order valence-corrected chi connectivity index (χ0v) is 10.6. The average molecular weight is 252 g/mol. The Hall–Kier alpha value is -2.13. The molecule has 19 heavy (non-hydrogen) atoms. The van der Waals surface area contributed by atoms with Crippen molar-refractivity contribution in [2.75, 3.05) is 0 Å². The standard InChI is InChI=1S/C16H16N2O/c17-15(7-6-14-4-2-10-19-14)12-5-8-16-13(11-12)3-1-9-18-16/h1-5,8-11,15H,6-7,17H2. The Labute approximate surface area is 112 Å². The van der Waals surface area contributed by atoms with Crippen molar-refractivity contribution in [3.8, 4) is 0 Å². The maximum absolute atomic E-state index is 6.24. The van der Waals surface area contributed by atoms with E-state index in [2.05, 4.69) is 23.2 Å². The molecule has 0 aliphatic carbocycles. The Morgan fingerprint density at radius 1 is 1.16 bits per heavy atom. The Balaban J connectivity index is 1.75. The lowest BCUT2D eigenvalue weighted by atomic mass is 10.0. The summed E-state index contributed by atoms with van der Waals surface area (Å²) >= 11 is 0. The Morgan fingerprint density at radius 3 is 2.95 bits per heavy atom. The fourth-order valence-corrected chi connectivity index (χ4v) is 2.24. The van der Waals surface area contributed by atoms with Gasteiger partial charge in [0.25, 0.3) is 0 Å². The minimum atomic E-state index is 0.0229. The molecule has 1 atom stereocenters. The van der Waals surface area contributed by atoms with Crippen LogP contribution in [0.5, 0.6) is 0 Å². The van der Waals surface area contributed by atoms with Crippen molar-refractivity contribution in [3.05, 3.63) is 66.2 Å². The van der Waals surface area contributed by atoms with Gasteiger partial charge in [0.15, 0.2) is 0 Å². The average Bonchev–Trinajstić information content (AvgIpc) is 2.97. The fraction of sp³-hybridized carbons (Fsp3) is 0.188. The van der Waals surface area contributed by atoms with Gasteiger partial charge in [0.2, 0.25) is 0 Å². The number of hydrogen-bond donors (Lipinski definition) is 1. The largest absolute Gasteiger partial charge is 0.469 e. The molecule has 0 bridgehead atoms. The molecule has 3 nitrogen and oxygen atoms in total. The van der Waals surface area contributed by atoms with E-state index < -0.39 is 0 Å². The zero-order chi connectivity index (χ0) is 13.1. The summed E-state index contributed by atoms with van der Waals surface area (Å²) in [4.78, 5) is 4.31. The highest BCUT2D eigenvalue weighted by Crippen LogP contribution is 2.21. The topological polar surface area (TPSA) is 52.0 Å². The van der Waals surface area contributed by atoms with Gasteiger partial charge in [0.1, 0.15) is 5.76 Å². The molecule has 0 radical (unpaired) electrons. The second-order valence-corrected chi connectivity index (χ2v) is 4.68. The van der Waals surface area contributed by atoms with Crippen molar-refractivity contribution in [3.63, 3.8) is 0 Å². The van der Waals surface area contributed by atoms with Crippen LogP contribution in [0.3, 0.4) is 0 Å². The number of aryl methyl sites for hydroxylation is 1. The van der Waals surface area contributed by atoms with E-state index in [1.807, 2.05) is 24.3 Å². The molecule has 2 N–H and O–H groups in total. The van der Waals surface area contributed by atoms with E-state index in [4.69, 9.17) is 10.2 Å². The molecule has 0 fully saturated rings. The van der Waals surface area contributed by atoms with Crippen molar-refractivity contribution in [1.29, 1.82) is 0 Å². The summed E-state index contributed by atoms with van der Waals surface area (Å²) in [6.07, 6.45) is 5.24. The summed E-state index contributed by atoms with van der Waals surface area (Å²) < 4.78 is 5.32. The molecule has 0 spiro atoms. The molecule has 96 valence electrons. The third-order valence-electron chi connectivity index (χ3n) is 3.34. The van der Waals surface area contributed by atoms with Gasteiger partial charge in [-0.2, -0.15) is 0 Å². The highest BCUT2D eigenvalue weighted by Gasteiger charge is 2.08. The zero-order valence-electron chi connectivity index (χ0n) is 10.6. The molecule has 0 amide bonds. The molecule has 0 aliphatic heterocycles. The van der Waals surface area contributed by atoms with Crippen molar-refractivity contribution in [2.24, 2.45) is 5.73 Å². The first kappa shape index (κ1) is 11.9. The summed E-state index contributed by atoms with van der Waals surface area (Å²) in [5.41, 5.74) is 8.39. The quantitative estimate of drug-likeness (QED) is 0.773. The monoisotopic (exact) mass is 252 g/mol. The van der Waals surface area contributed by atoms with Crippen molar-refractivity contribution >= 4 is 10.9 Å². The number of rotatable bonds is 4. The maximum atomic E-state index is 6.24. The molecular formula is C16H16N2O. The number of nitrogens with zero attached hydrogens (tertiary/aromatic N) is 1. The molecule has 0 aliphatic rings. The van der Waals surface area contributed by atoms with Crippen LogP contribution in [0.1, 0.15) is 23.8 Å². The summed E-state index contributed by atoms with van der Waals surface area (Å²) in [5.74, 6) is 0.984. The molecule has 3 rings (SSSR count). The molecule has 2 aromatic heterocycles. The third kappa shape index (κ3) is 2.66. The molecule has 3 heteroatoms. The lowest BCUT2D eigenvalue weighted by molar-refractivity contribution is 0.488. The van der Waals surface area contributed by atoms with E-state index in [0.29, 0.717) is 0 Å². The molecule has 1 unspecified atom stereocenters. The molecule has 0 saturated heterocycles. The Morgan fingerprint density at radius 2 is 2.11 bits per heavy atom. The second-order valence-electron chi connectivity index (χ2n) is 4.68. The van der Waals surface area contributed by atoms with Gasteiger partial charge < -0.3 is 10.2 Å². The predicted octanol–water partition coefficient (Wildman–Crippen LogP) is 3.46. The number of aromatic nitrogens is 1. The van der Waals surface area contributed by atoms with Crippen LogP contribution < -0.4 is 5.73 Å². The van der Waals surface area contributed by atoms with Crippen LogP contribution in [0.2, 0.25) is 0 Å². The molecule has 3 aromatic rings. The second kappa shape index (κ2) is 5.24. The van der Waals surface area contributed by atoms with Crippen molar-refractivity contribution < 1.29 is 4.42 Å². The van der Waals surface area contributed by atoms with Crippen LogP contribution in [0.15, 0.2) is 59.3 Å². The van der Waals surface area contributed by atoms with Gasteiger partial charge in [-0.25, -0.2) is 0 Å². The summed E-state index contributed by atoms with van der Waals surface area (Å²) in [7, 11) is 0. The van der Waals surface area contributed by atoms with Crippen LogP contribution in [0.25, 0.3) is 10.9 Å². The first-order valence-corrected chi connectivity index (χ1v) is 6.45. The van der Waals surface area contributed by atoms with E-state index in [1.54, 1.807) is 12.5 Å². The maximum Gasteiger partial charge on any atom is 0.103 e. The van der Waals surface area contributed by atoms with Crippen molar-refractivity contribution in [1.82, 2.24) is 4.98 Å². The number of nitrogens with two attached hydrogens (primary N) is 1. The van der Waals surface area contributed by atoms with Crippen LogP contribution >= 0.6 is 0 Å². The number of fused-ring (bicyclic) bond motifs is 1. The van der Waals surface area contributed by atoms with E-state index in [0.717, 1.165) is 35.1 Å². The fourth-order valence-electron chi connectivity index (χ4n) is 2.24. The third-order valence-corrected chi connectivity index (χ3v) is 3.34. The number of pyridine rings is 1. The van der Waals surface area contributed by atoms with Crippen LogP contribution in [0, 0.1) is 0 Å². The van der Waals surface area contributed by atoms with Gasteiger partial charge in [-0.3, -0.25) is 4.98 Å². The molecule has 1 aromatic carbocycles. The lowest BCUT2D eigenvalue weighted by Crippen LogP contribution is -2.11. The summed E-state index contributed by atoms with van der Waals surface area (Å²) in [6.45, 7) is 0. The van der Waals surface area contributed by atoms with Crippen LogP contribution in [0.4, 0.5) is 0 Å². The van der Waals surface area contributed by atoms with E-state index in [1.165, 1.54) is 0 Å². The highest BCUT2D eigenvalue weighted by molar-refractivity contribution is 5.79. The van der Waals surface area contributed by atoms with Crippen molar-refractivity contribution in [2.45, 2.75) is 18.9 Å². The number of hydrogen-bond acceptors (Lipinski definition) is 3. The van der Waals surface area contributed by atoms with E-state index in [-0.39, 0.29) is 6.04 Å². The smallest absolute Gasteiger partial charge is 0.103 e. The number of benzene rings is 1. The number of furan rings is 1. The SMILES string of the molecule is NC(CCc1ccco1)c1ccc2ncccc2c1. The Kier molecular flexibility index (Phi) is 3.29. The molecular weight excluding hydrogens is 236 g/mol. The van der Waals surface area contributed by atoms with Gasteiger partial charge >= 0.3 is 0 Å². The summed E-state index contributed by atoms with van der Waals surface area (Å²) in [5, 5.41) is 1.13. The van der Waals surface area contributed by atoms with Gasteiger partial charge in [0, 0.05) is 24.0 Å². The first-order valence-electron chi connectivity index (χ1n) is 6.45. The lowest BCUT2D eigenvalue weighted by Gasteiger charge is -2.11. The first-order chi connectivity index (χ1) is 9.33. The van der Waals surface area contributed by atoms with E-state index in [9.17, 15) is 0 Å².